The minimum absolute atomic E-state index is 0.0304. The van der Waals surface area contributed by atoms with E-state index in [0.29, 0.717) is 23.3 Å². The van der Waals surface area contributed by atoms with E-state index >= 15 is 0 Å². The number of nitrogens with zero attached hydrogens (tertiary/aromatic N) is 3. The second-order valence-electron chi connectivity index (χ2n) is 5.82. The Morgan fingerprint density at radius 3 is 2.64 bits per heavy atom. The molecule has 0 aliphatic carbocycles. The SMILES string of the molecule is CCn1c(SCC(=O)O[C@H](C)C(=O)c2ccc(F)cc2)nnc1-c1ccco1. The Morgan fingerprint density at radius 1 is 1.25 bits per heavy atom. The molecule has 28 heavy (non-hydrogen) atoms. The first-order valence-electron chi connectivity index (χ1n) is 8.58. The van der Waals surface area contributed by atoms with Crippen LogP contribution in [0.5, 0.6) is 0 Å². The molecule has 0 aliphatic heterocycles. The maximum Gasteiger partial charge on any atom is 0.317 e. The zero-order valence-electron chi connectivity index (χ0n) is 15.3. The predicted molar refractivity (Wildman–Crippen MR) is 100 cm³/mol. The Morgan fingerprint density at radius 2 is 2.00 bits per heavy atom. The molecule has 0 fully saturated rings. The highest BCUT2D eigenvalue weighted by molar-refractivity contribution is 7.99. The second-order valence-corrected chi connectivity index (χ2v) is 6.76. The molecular weight excluding hydrogens is 385 g/mol. The van der Waals surface area contributed by atoms with Crippen molar-refractivity contribution in [1.82, 2.24) is 14.8 Å². The Balaban J connectivity index is 1.58. The van der Waals surface area contributed by atoms with E-state index in [9.17, 15) is 14.0 Å². The van der Waals surface area contributed by atoms with Crippen molar-refractivity contribution in [3.8, 4) is 11.6 Å². The van der Waals surface area contributed by atoms with E-state index in [1.807, 2.05) is 11.5 Å². The number of Topliss-reactive ketones (excluding diaryl/α,β-unsaturated/α-hetero) is 1. The van der Waals surface area contributed by atoms with Gasteiger partial charge in [0.25, 0.3) is 0 Å². The van der Waals surface area contributed by atoms with Gasteiger partial charge in [-0.3, -0.25) is 14.2 Å². The van der Waals surface area contributed by atoms with Gasteiger partial charge in [0.15, 0.2) is 22.8 Å². The topological polar surface area (TPSA) is 87.2 Å². The van der Waals surface area contributed by atoms with Gasteiger partial charge in [-0.05, 0) is 50.2 Å². The van der Waals surface area contributed by atoms with Gasteiger partial charge >= 0.3 is 5.97 Å². The quantitative estimate of drug-likeness (QED) is 0.323. The molecule has 2 heterocycles. The standard InChI is InChI=1S/C19H18FN3O4S/c1-3-23-18(15-5-4-10-26-15)21-22-19(23)28-11-16(24)27-12(2)17(25)13-6-8-14(20)9-7-13/h4-10,12H,3,11H2,1-2H3/t12-/m1/s1. The van der Waals surface area contributed by atoms with E-state index in [2.05, 4.69) is 10.2 Å². The number of hydrogen-bond donors (Lipinski definition) is 0. The number of aromatic nitrogens is 3. The van der Waals surface area contributed by atoms with Gasteiger partial charge in [-0.2, -0.15) is 0 Å². The maximum absolute atomic E-state index is 13.0. The van der Waals surface area contributed by atoms with Crippen LogP contribution in [0.2, 0.25) is 0 Å². The van der Waals surface area contributed by atoms with E-state index < -0.39 is 23.7 Å². The van der Waals surface area contributed by atoms with Crippen molar-refractivity contribution in [2.45, 2.75) is 31.7 Å². The fraction of sp³-hybridized carbons (Fsp3) is 0.263. The first kappa shape index (κ1) is 19.8. The minimum Gasteiger partial charge on any atom is -0.461 e. The Kier molecular flexibility index (Phi) is 6.25. The average Bonchev–Trinajstić information content (AvgIpc) is 3.35. The van der Waals surface area contributed by atoms with E-state index in [4.69, 9.17) is 9.15 Å². The number of furan rings is 1. The lowest BCUT2D eigenvalue weighted by atomic mass is 10.1. The molecule has 0 aliphatic rings. The minimum atomic E-state index is -0.971. The van der Waals surface area contributed by atoms with Crippen LogP contribution in [0.1, 0.15) is 24.2 Å². The average molecular weight is 403 g/mol. The number of rotatable bonds is 8. The molecule has 3 rings (SSSR count). The molecule has 0 radical (unpaired) electrons. The highest BCUT2D eigenvalue weighted by atomic mass is 32.2. The van der Waals surface area contributed by atoms with Crippen molar-refractivity contribution >= 4 is 23.5 Å². The summed E-state index contributed by atoms with van der Waals surface area (Å²) in [5.74, 6) is -0.262. The fourth-order valence-corrected chi connectivity index (χ4v) is 3.31. The van der Waals surface area contributed by atoms with Crippen LogP contribution in [0.3, 0.4) is 0 Å². The molecule has 0 saturated carbocycles. The lowest BCUT2D eigenvalue weighted by molar-refractivity contribution is -0.143. The molecule has 1 aromatic carbocycles. The molecule has 0 saturated heterocycles. The number of ether oxygens (including phenoxy) is 1. The van der Waals surface area contributed by atoms with Gasteiger partial charge in [0.1, 0.15) is 5.82 Å². The van der Waals surface area contributed by atoms with Crippen LogP contribution in [-0.4, -0.2) is 38.4 Å². The fourth-order valence-electron chi connectivity index (χ4n) is 2.53. The third-order valence-electron chi connectivity index (χ3n) is 3.90. The van der Waals surface area contributed by atoms with Gasteiger partial charge in [0.2, 0.25) is 5.78 Å². The molecule has 3 aromatic rings. The number of carbonyl (C=O) groups is 2. The maximum atomic E-state index is 13.0. The van der Waals surface area contributed by atoms with E-state index in [1.165, 1.54) is 31.2 Å². The lowest BCUT2D eigenvalue weighted by Gasteiger charge is -2.12. The van der Waals surface area contributed by atoms with Gasteiger partial charge in [0, 0.05) is 12.1 Å². The molecule has 1 atom stereocenters. The summed E-state index contributed by atoms with van der Waals surface area (Å²) in [6.07, 6.45) is 0.578. The van der Waals surface area contributed by atoms with Crippen molar-refractivity contribution in [3.63, 3.8) is 0 Å². The molecule has 146 valence electrons. The number of hydrogen-bond acceptors (Lipinski definition) is 7. The van der Waals surface area contributed by atoms with Crippen molar-refractivity contribution in [2.75, 3.05) is 5.75 Å². The number of esters is 1. The van der Waals surface area contributed by atoms with Gasteiger partial charge in [-0.25, -0.2) is 4.39 Å². The molecule has 0 unspecified atom stereocenters. The summed E-state index contributed by atoms with van der Waals surface area (Å²) in [4.78, 5) is 24.4. The summed E-state index contributed by atoms with van der Waals surface area (Å²) < 4.78 is 25.3. The van der Waals surface area contributed by atoms with Crippen LogP contribution in [0, 0.1) is 5.82 Å². The largest absolute Gasteiger partial charge is 0.461 e. The van der Waals surface area contributed by atoms with E-state index in [1.54, 1.807) is 18.4 Å². The van der Waals surface area contributed by atoms with Gasteiger partial charge in [-0.1, -0.05) is 11.8 Å². The second kappa shape index (κ2) is 8.83. The monoisotopic (exact) mass is 403 g/mol. The molecule has 2 aromatic heterocycles. The first-order chi connectivity index (χ1) is 13.5. The third-order valence-corrected chi connectivity index (χ3v) is 4.84. The molecule has 0 N–H and O–H groups in total. The molecular formula is C19H18FN3O4S. The summed E-state index contributed by atoms with van der Waals surface area (Å²) in [6, 6.07) is 8.63. The molecule has 9 heteroatoms. The summed E-state index contributed by atoms with van der Waals surface area (Å²) in [6.45, 7) is 4.01. The smallest absolute Gasteiger partial charge is 0.317 e. The van der Waals surface area contributed by atoms with Crippen LogP contribution in [0.15, 0.2) is 52.2 Å². The van der Waals surface area contributed by atoms with Crippen LogP contribution < -0.4 is 0 Å². The van der Waals surface area contributed by atoms with E-state index in [-0.39, 0.29) is 11.3 Å². The lowest BCUT2D eigenvalue weighted by Crippen LogP contribution is -2.25. The summed E-state index contributed by atoms with van der Waals surface area (Å²) in [5, 5.41) is 8.74. The van der Waals surface area contributed by atoms with Crippen LogP contribution >= 0.6 is 11.8 Å². The number of benzene rings is 1. The van der Waals surface area contributed by atoms with Gasteiger partial charge in [-0.15, -0.1) is 10.2 Å². The van der Waals surface area contributed by atoms with Crippen LogP contribution in [0.4, 0.5) is 4.39 Å². The number of thioether (sulfide) groups is 1. The van der Waals surface area contributed by atoms with E-state index in [0.717, 1.165) is 11.8 Å². The Bertz CT molecular complexity index is 954. The van der Waals surface area contributed by atoms with Crippen molar-refractivity contribution in [3.05, 3.63) is 54.0 Å². The zero-order chi connectivity index (χ0) is 20.1. The summed E-state index contributed by atoms with van der Waals surface area (Å²) in [5.41, 5.74) is 0.281. The highest BCUT2D eigenvalue weighted by Gasteiger charge is 2.21. The predicted octanol–water partition coefficient (Wildman–Crippen LogP) is 3.60. The summed E-state index contributed by atoms with van der Waals surface area (Å²) >= 11 is 1.16. The van der Waals surface area contributed by atoms with Gasteiger partial charge in [0.05, 0.1) is 12.0 Å². The first-order valence-corrected chi connectivity index (χ1v) is 9.57. The van der Waals surface area contributed by atoms with Crippen LogP contribution in [-0.2, 0) is 16.1 Å². The molecule has 7 nitrogen and oxygen atoms in total. The zero-order valence-corrected chi connectivity index (χ0v) is 16.1. The van der Waals surface area contributed by atoms with Crippen molar-refractivity contribution in [2.24, 2.45) is 0 Å². The number of ketones is 1. The summed E-state index contributed by atoms with van der Waals surface area (Å²) in [7, 11) is 0. The Labute approximate surface area is 164 Å². The van der Waals surface area contributed by atoms with Crippen molar-refractivity contribution in [1.29, 1.82) is 0 Å². The third kappa shape index (κ3) is 4.48. The normalized spacial score (nSPS) is 12.0. The number of halogens is 1. The molecule has 0 amide bonds. The Hall–Kier alpha value is -2.94. The van der Waals surface area contributed by atoms with Crippen LogP contribution in [0.25, 0.3) is 11.6 Å². The molecule has 0 spiro atoms. The van der Waals surface area contributed by atoms with Crippen molar-refractivity contribution < 1.29 is 23.1 Å². The highest BCUT2D eigenvalue weighted by Crippen LogP contribution is 2.24. The van der Waals surface area contributed by atoms with Gasteiger partial charge < -0.3 is 9.15 Å². The number of carbonyl (C=O) groups excluding carboxylic acids is 2. The molecule has 0 bridgehead atoms.